The molecule has 0 atom stereocenters. The second-order valence-corrected chi connectivity index (χ2v) is 7.72. The molecule has 0 amide bonds. The lowest BCUT2D eigenvalue weighted by atomic mass is 10.1. The Morgan fingerprint density at radius 3 is 2.60 bits per heavy atom. The molecule has 0 saturated heterocycles. The lowest BCUT2D eigenvalue weighted by Crippen LogP contribution is -1.91. The number of pyridine rings is 2. The fourth-order valence-electron chi connectivity index (χ4n) is 3.60. The number of benzene rings is 2. The maximum absolute atomic E-state index is 6.03. The first-order valence-corrected chi connectivity index (χ1v) is 10.2. The molecule has 1 N–H and O–H groups in total. The van der Waals surface area contributed by atoms with Crippen molar-refractivity contribution in [3.05, 3.63) is 101 Å². The van der Waals surface area contributed by atoms with Gasteiger partial charge in [-0.1, -0.05) is 41.9 Å². The Hall–Kier alpha value is -3.50. The minimum absolute atomic E-state index is 0.686. The quantitative estimate of drug-likeness (QED) is 0.381. The van der Waals surface area contributed by atoms with Crippen LogP contribution >= 0.6 is 11.6 Å². The van der Waals surface area contributed by atoms with Gasteiger partial charge in [0.1, 0.15) is 5.82 Å². The Bertz CT molecular complexity index is 1340. The van der Waals surface area contributed by atoms with Gasteiger partial charge in [-0.05, 0) is 55.0 Å². The lowest BCUT2D eigenvalue weighted by Gasteiger charge is -2.05. The number of halogens is 1. The zero-order valence-corrected chi connectivity index (χ0v) is 17.2. The number of aromatic nitrogens is 4. The first-order valence-electron chi connectivity index (χ1n) is 9.78. The van der Waals surface area contributed by atoms with Crippen molar-refractivity contribution in [1.29, 1.82) is 0 Å². The molecule has 0 saturated carbocycles. The van der Waals surface area contributed by atoms with Crippen LogP contribution in [0.2, 0.25) is 5.02 Å². The van der Waals surface area contributed by atoms with Crippen LogP contribution in [-0.4, -0.2) is 19.9 Å². The van der Waals surface area contributed by atoms with Crippen molar-refractivity contribution in [1.82, 2.24) is 19.9 Å². The number of nitrogens with zero attached hydrogens (tertiary/aromatic N) is 3. The Kier molecular flexibility index (Phi) is 4.77. The third-order valence-electron chi connectivity index (χ3n) is 5.06. The molecule has 2 aromatic carbocycles. The van der Waals surface area contributed by atoms with Crippen molar-refractivity contribution in [3.63, 3.8) is 0 Å². The van der Waals surface area contributed by atoms with Gasteiger partial charge in [0.2, 0.25) is 0 Å². The largest absolute Gasteiger partial charge is 0.340 e. The third kappa shape index (κ3) is 3.70. The normalized spacial score (nSPS) is 11.1. The smallest absolute Gasteiger partial charge is 0.111 e. The molecular formula is C25H19ClN4. The van der Waals surface area contributed by atoms with Gasteiger partial charge in [-0.25, -0.2) is 4.98 Å². The summed E-state index contributed by atoms with van der Waals surface area (Å²) in [5.74, 6) is 0.886. The number of hydrogen-bond donors (Lipinski definition) is 1. The standard InChI is InChI=1S/C25H19ClN4/c1-16-4-2-6-22(28-16)25-24(19-9-12-21-18(15-19)5-3-13-27-21)29-23(30-25)14-17-7-10-20(26)11-8-17/h2-13,15H,14H2,1H3,(H,29,30). The van der Waals surface area contributed by atoms with Gasteiger partial charge in [0.25, 0.3) is 0 Å². The highest BCUT2D eigenvalue weighted by Gasteiger charge is 2.16. The van der Waals surface area contributed by atoms with E-state index in [9.17, 15) is 0 Å². The third-order valence-corrected chi connectivity index (χ3v) is 5.31. The molecule has 0 fully saturated rings. The molecule has 30 heavy (non-hydrogen) atoms. The van der Waals surface area contributed by atoms with Gasteiger partial charge in [-0.2, -0.15) is 0 Å². The Morgan fingerprint density at radius 2 is 1.77 bits per heavy atom. The number of aromatic amines is 1. The van der Waals surface area contributed by atoms with E-state index in [0.717, 1.165) is 55.7 Å². The van der Waals surface area contributed by atoms with E-state index >= 15 is 0 Å². The molecule has 0 radical (unpaired) electrons. The van der Waals surface area contributed by atoms with Crippen molar-refractivity contribution in [2.24, 2.45) is 0 Å². The van der Waals surface area contributed by atoms with Gasteiger partial charge in [0, 0.05) is 34.3 Å². The molecule has 0 spiro atoms. The highest BCUT2D eigenvalue weighted by Crippen LogP contribution is 2.31. The van der Waals surface area contributed by atoms with Gasteiger partial charge in [0.15, 0.2) is 0 Å². The van der Waals surface area contributed by atoms with Gasteiger partial charge in [-0.15, -0.1) is 0 Å². The summed E-state index contributed by atoms with van der Waals surface area (Å²) in [6.45, 7) is 2.00. The van der Waals surface area contributed by atoms with Crippen LogP contribution in [0.1, 0.15) is 17.1 Å². The lowest BCUT2D eigenvalue weighted by molar-refractivity contribution is 1.03. The van der Waals surface area contributed by atoms with Gasteiger partial charge in [-0.3, -0.25) is 9.97 Å². The van der Waals surface area contributed by atoms with E-state index in [1.807, 2.05) is 67.7 Å². The molecule has 4 nitrogen and oxygen atoms in total. The van der Waals surface area contributed by atoms with E-state index in [1.165, 1.54) is 0 Å². The van der Waals surface area contributed by atoms with Crippen LogP contribution in [0.25, 0.3) is 33.5 Å². The van der Waals surface area contributed by atoms with E-state index < -0.39 is 0 Å². The number of nitrogens with one attached hydrogen (secondary N) is 1. The molecule has 5 heteroatoms. The van der Waals surface area contributed by atoms with Crippen molar-refractivity contribution in [2.45, 2.75) is 13.3 Å². The second kappa shape index (κ2) is 7.73. The summed E-state index contributed by atoms with van der Waals surface area (Å²) in [4.78, 5) is 17.6. The number of aryl methyl sites for hydroxylation is 1. The van der Waals surface area contributed by atoms with Crippen LogP contribution in [0, 0.1) is 6.92 Å². The van der Waals surface area contributed by atoms with Crippen LogP contribution in [0.4, 0.5) is 0 Å². The summed E-state index contributed by atoms with van der Waals surface area (Å²) in [5, 5.41) is 1.81. The van der Waals surface area contributed by atoms with Gasteiger partial charge in [0.05, 0.1) is 22.6 Å². The van der Waals surface area contributed by atoms with Crippen LogP contribution in [-0.2, 0) is 6.42 Å². The minimum atomic E-state index is 0.686. The predicted octanol–water partition coefficient (Wildman–Crippen LogP) is 6.24. The Morgan fingerprint density at radius 1 is 0.900 bits per heavy atom. The summed E-state index contributed by atoms with van der Waals surface area (Å²) in [6, 6.07) is 24.1. The predicted molar refractivity (Wildman–Crippen MR) is 122 cm³/mol. The highest BCUT2D eigenvalue weighted by molar-refractivity contribution is 6.30. The zero-order valence-electron chi connectivity index (χ0n) is 16.4. The summed E-state index contributed by atoms with van der Waals surface area (Å²) in [6.07, 6.45) is 2.49. The molecule has 3 aromatic heterocycles. The maximum atomic E-state index is 6.03. The zero-order chi connectivity index (χ0) is 20.5. The molecule has 5 aromatic rings. The fraction of sp³-hybridized carbons (Fsp3) is 0.0800. The van der Waals surface area contributed by atoms with E-state index in [4.69, 9.17) is 21.6 Å². The van der Waals surface area contributed by atoms with Crippen molar-refractivity contribution in [2.75, 3.05) is 0 Å². The molecular weight excluding hydrogens is 392 g/mol. The summed E-state index contributed by atoms with van der Waals surface area (Å²) in [7, 11) is 0. The van der Waals surface area contributed by atoms with Crippen LogP contribution in [0.3, 0.4) is 0 Å². The first-order chi connectivity index (χ1) is 14.7. The van der Waals surface area contributed by atoms with Crippen molar-refractivity contribution >= 4 is 22.5 Å². The average Bonchev–Trinajstić information content (AvgIpc) is 3.19. The molecule has 0 aliphatic carbocycles. The fourth-order valence-corrected chi connectivity index (χ4v) is 3.73. The highest BCUT2D eigenvalue weighted by atomic mass is 35.5. The SMILES string of the molecule is Cc1cccc(-c2[nH]c(Cc3ccc(Cl)cc3)nc2-c2ccc3ncccc3c2)n1. The van der Waals surface area contributed by atoms with E-state index in [2.05, 4.69) is 28.2 Å². The first kappa shape index (κ1) is 18.5. The number of hydrogen-bond acceptors (Lipinski definition) is 3. The topological polar surface area (TPSA) is 54.5 Å². The molecule has 0 unspecified atom stereocenters. The summed E-state index contributed by atoms with van der Waals surface area (Å²) in [5.41, 5.74) is 6.81. The van der Waals surface area contributed by atoms with Gasteiger partial charge < -0.3 is 4.98 Å². The molecule has 146 valence electrons. The number of fused-ring (bicyclic) bond motifs is 1. The second-order valence-electron chi connectivity index (χ2n) is 7.29. The minimum Gasteiger partial charge on any atom is -0.340 e. The average molecular weight is 411 g/mol. The maximum Gasteiger partial charge on any atom is 0.111 e. The van der Waals surface area contributed by atoms with E-state index in [0.29, 0.717) is 6.42 Å². The molecule has 5 rings (SSSR count). The molecule has 3 heterocycles. The van der Waals surface area contributed by atoms with E-state index in [1.54, 1.807) is 0 Å². The van der Waals surface area contributed by atoms with Crippen molar-refractivity contribution < 1.29 is 0 Å². The van der Waals surface area contributed by atoms with Crippen molar-refractivity contribution in [3.8, 4) is 22.6 Å². The van der Waals surface area contributed by atoms with Gasteiger partial charge >= 0.3 is 0 Å². The summed E-state index contributed by atoms with van der Waals surface area (Å²) < 4.78 is 0. The monoisotopic (exact) mass is 410 g/mol. The number of rotatable bonds is 4. The number of imidazole rings is 1. The summed E-state index contributed by atoms with van der Waals surface area (Å²) >= 11 is 6.03. The Balaban J connectivity index is 1.63. The molecule has 0 bridgehead atoms. The number of H-pyrrole nitrogens is 1. The molecule has 0 aliphatic heterocycles. The Labute approximate surface area is 179 Å². The van der Waals surface area contributed by atoms with Crippen LogP contribution < -0.4 is 0 Å². The molecule has 0 aliphatic rings. The van der Waals surface area contributed by atoms with Crippen LogP contribution in [0.5, 0.6) is 0 Å². The van der Waals surface area contributed by atoms with E-state index in [-0.39, 0.29) is 0 Å². The van der Waals surface area contributed by atoms with Crippen LogP contribution in [0.15, 0.2) is 79.0 Å².